The van der Waals surface area contributed by atoms with Crippen LogP contribution in [0.4, 0.5) is 0 Å². The molecule has 24 heavy (non-hydrogen) atoms. The van der Waals surface area contributed by atoms with Crippen molar-refractivity contribution in [2.75, 3.05) is 6.54 Å². The lowest BCUT2D eigenvalue weighted by atomic mass is 10.1. The highest BCUT2D eigenvalue weighted by Crippen LogP contribution is 2.38. The first kappa shape index (κ1) is 16.3. The summed E-state index contributed by atoms with van der Waals surface area (Å²) < 4.78 is 0. The van der Waals surface area contributed by atoms with Gasteiger partial charge in [0.2, 0.25) is 0 Å². The van der Waals surface area contributed by atoms with Crippen LogP contribution in [0.5, 0.6) is 0 Å². The molecule has 1 aliphatic heterocycles. The summed E-state index contributed by atoms with van der Waals surface area (Å²) in [6, 6.07) is 15.6. The lowest BCUT2D eigenvalue weighted by Gasteiger charge is -2.29. The van der Waals surface area contributed by atoms with Crippen LogP contribution >= 0.6 is 23.4 Å². The molecule has 0 radical (unpaired) electrons. The Morgan fingerprint density at radius 2 is 1.92 bits per heavy atom. The first-order chi connectivity index (χ1) is 11.6. The molecule has 2 aromatic carbocycles. The third-order valence-corrected chi connectivity index (χ3v) is 4.87. The number of amides is 1. The first-order valence-corrected chi connectivity index (χ1v) is 8.27. The summed E-state index contributed by atoms with van der Waals surface area (Å²) in [6.07, 6.45) is 1.29. The zero-order valence-electron chi connectivity index (χ0n) is 12.4. The Balaban J connectivity index is 1.92. The average molecular weight is 355 g/mol. The highest BCUT2D eigenvalue weighted by molar-refractivity contribution is 8.03. The average Bonchev–Trinajstić information content (AvgIpc) is 2.59. The third kappa shape index (κ3) is 3.21. The fourth-order valence-corrected chi connectivity index (χ4v) is 3.46. The van der Waals surface area contributed by atoms with Crippen LogP contribution in [0, 0.1) is 11.3 Å². The molecule has 1 heterocycles. The SMILES string of the molecule is N#C/C=C1\Sc2ccccc2C(=O)N1CC(=O)c1ccc(Cl)cc1. The molecular weight excluding hydrogens is 344 g/mol. The molecule has 2 aromatic rings. The molecule has 118 valence electrons. The van der Waals surface area contributed by atoms with Crippen molar-refractivity contribution < 1.29 is 9.59 Å². The Kier molecular flexibility index (Phi) is 4.70. The van der Waals surface area contributed by atoms with E-state index in [-0.39, 0.29) is 18.2 Å². The minimum Gasteiger partial charge on any atom is -0.294 e. The fraction of sp³-hybridized carbons (Fsp3) is 0.0556. The second-order valence-electron chi connectivity index (χ2n) is 5.03. The standard InChI is InChI=1S/C18H11ClN2O2S/c19-13-7-5-12(6-8-13)15(22)11-21-17(9-10-20)24-16-4-2-1-3-14(16)18(21)23/h1-9H,11H2/b17-9-. The number of hydrogen-bond acceptors (Lipinski definition) is 4. The van der Waals surface area contributed by atoms with Gasteiger partial charge in [0.1, 0.15) is 0 Å². The molecule has 0 atom stereocenters. The van der Waals surface area contributed by atoms with Crippen LogP contribution in [-0.2, 0) is 0 Å². The Hall–Kier alpha value is -2.55. The molecule has 0 unspecified atom stereocenters. The number of ketones is 1. The highest BCUT2D eigenvalue weighted by Gasteiger charge is 2.30. The van der Waals surface area contributed by atoms with E-state index in [1.165, 1.54) is 22.7 Å². The molecule has 3 rings (SSSR count). The van der Waals surface area contributed by atoms with E-state index in [4.69, 9.17) is 16.9 Å². The van der Waals surface area contributed by atoms with Gasteiger partial charge in [-0.25, -0.2) is 0 Å². The Morgan fingerprint density at radius 3 is 2.62 bits per heavy atom. The lowest BCUT2D eigenvalue weighted by Crippen LogP contribution is -2.36. The maximum absolute atomic E-state index is 12.7. The second-order valence-corrected chi connectivity index (χ2v) is 6.53. The summed E-state index contributed by atoms with van der Waals surface area (Å²) >= 11 is 7.13. The monoisotopic (exact) mass is 354 g/mol. The normalized spacial score (nSPS) is 15.1. The maximum atomic E-state index is 12.7. The first-order valence-electron chi connectivity index (χ1n) is 7.07. The summed E-state index contributed by atoms with van der Waals surface area (Å²) in [4.78, 5) is 27.3. The van der Waals surface area contributed by atoms with Gasteiger partial charge >= 0.3 is 0 Å². The van der Waals surface area contributed by atoms with Crippen LogP contribution < -0.4 is 0 Å². The predicted molar refractivity (Wildman–Crippen MR) is 92.8 cm³/mol. The molecule has 6 heteroatoms. The number of carbonyl (C=O) groups is 2. The number of benzene rings is 2. The van der Waals surface area contributed by atoms with E-state index < -0.39 is 0 Å². The fourth-order valence-electron chi connectivity index (χ4n) is 2.33. The van der Waals surface area contributed by atoms with Crippen LogP contribution in [0.3, 0.4) is 0 Å². The van der Waals surface area contributed by atoms with Crippen LogP contribution in [0.25, 0.3) is 0 Å². The van der Waals surface area contributed by atoms with Crippen molar-refractivity contribution in [2.24, 2.45) is 0 Å². The van der Waals surface area contributed by atoms with Crippen molar-refractivity contribution in [3.63, 3.8) is 0 Å². The summed E-state index contributed by atoms with van der Waals surface area (Å²) in [5, 5.41) is 9.96. The van der Waals surface area contributed by atoms with Gasteiger partial charge in [-0.1, -0.05) is 35.5 Å². The second kappa shape index (κ2) is 6.91. The molecule has 0 fully saturated rings. The topological polar surface area (TPSA) is 61.2 Å². The molecule has 0 aliphatic carbocycles. The van der Waals surface area contributed by atoms with Gasteiger partial charge in [-0.2, -0.15) is 5.26 Å². The number of halogens is 1. The molecule has 0 N–H and O–H groups in total. The van der Waals surface area contributed by atoms with E-state index in [0.29, 0.717) is 21.2 Å². The van der Waals surface area contributed by atoms with Crippen LogP contribution in [0.1, 0.15) is 20.7 Å². The van der Waals surface area contributed by atoms with E-state index >= 15 is 0 Å². The quantitative estimate of drug-likeness (QED) is 0.614. The van der Waals surface area contributed by atoms with E-state index in [9.17, 15) is 9.59 Å². The van der Waals surface area contributed by atoms with Gasteiger partial charge in [0.25, 0.3) is 5.91 Å². The molecule has 0 saturated heterocycles. The molecule has 1 aliphatic rings. The van der Waals surface area contributed by atoms with E-state index in [1.54, 1.807) is 36.4 Å². The minimum absolute atomic E-state index is 0.130. The van der Waals surface area contributed by atoms with Gasteiger partial charge in [0.15, 0.2) is 5.78 Å². The number of hydrogen-bond donors (Lipinski definition) is 0. The number of carbonyl (C=O) groups excluding carboxylic acids is 2. The van der Waals surface area contributed by atoms with Crippen molar-refractivity contribution in [1.29, 1.82) is 5.26 Å². The lowest BCUT2D eigenvalue weighted by molar-refractivity contribution is 0.0763. The number of allylic oxidation sites excluding steroid dienone is 1. The molecule has 0 bridgehead atoms. The minimum atomic E-state index is -0.284. The summed E-state index contributed by atoms with van der Waals surface area (Å²) in [7, 11) is 0. The van der Waals surface area contributed by atoms with Crippen molar-refractivity contribution >= 4 is 35.1 Å². The van der Waals surface area contributed by atoms with Gasteiger partial charge in [-0.05, 0) is 36.4 Å². The summed E-state index contributed by atoms with van der Waals surface area (Å²) in [5.74, 6) is -0.503. The van der Waals surface area contributed by atoms with Gasteiger partial charge in [-0.3, -0.25) is 14.5 Å². The zero-order valence-corrected chi connectivity index (χ0v) is 14.0. The number of nitrogens with zero attached hydrogens (tertiary/aromatic N) is 2. The molecule has 0 aromatic heterocycles. The number of fused-ring (bicyclic) bond motifs is 1. The zero-order chi connectivity index (χ0) is 17.1. The van der Waals surface area contributed by atoms with E-state index in [2.05, 4.69) is 0 Å². The van der Waals surface area contributed by atoms with Crippen molar-refractivity contribution in [3.8, 4) is 6.07 Å². The number of Topliss-reactive ketones (excluding diaryl/α,β-unsaturated/α-hetero) is 1. The molecule has 0 saturated carbocycles. The Morgan fingerprint density at radius 1 is 1.21 bits per heavy atom. The molecule has 1 amide bonds. The van der Waals surface area contributed by atoms with Crippen molar-refractivity contribution in [3.05, 3.63) is 75.8 Å². The Bertz CT molecular complexity index is 885. The van der Waals surface area contributed by atoms with Crippen molar-refractivity contribution in [1.82, 2.24) is 4.90 Å². The molecule has 0 spiro atoms. The third-order valence-electron chi connectivity index (χ3n) is 3.50. The number of thioether (sulfide) groups is 1. The largest absolute Gasteiger partial charge is 0.294 e. The van der Waals surface area contributed by atoms with Gasteiger partial charge in [-0.15, -0.1) is 0 Å². The van der Waals surface area contributed by atoms with E-state index in [1.807, 2.05) is 18.2 Å². The molecule has 4 nitrogen and oxygen atoms in total. The van der Waals surface area contributed by atoms with Crippen molar-refractivity contribution in [2.45, 2.75) is 4.90 Å². The maximum Gasteiger partial charge on any atom is 0.260 e. The highest BCUT2D eigenvalue weighted by atomic mass is 35.5. The smallest absolute Gasteiger partial charge is 0.260 e. The Labute approximate surface area is 148 Å². The van der Waals surface area contributed by atoms with Crippen LogP contribution in [0.2, 0.25) is 5.02 Å². The van der Waals surface area contributed by atoms with Gasteiger partial charge < -0.3 is 0 Å². The van der Waals surface area contributed by atoms with Crippen LogP contribution in [-0.4, -0.2) is 23.1 Å². The number of nitriles is 1. The number of rotatable bonds is 3. The molecular formula is C18H11ClN2O2S. The van der Waals surface area contributed by atoms with E-state index in [0.717, 1.165) is 4.90 Å². The van der Waals surface area contributed by atoms with Crippen LogP contribution in [0.15, 0.2) is 64.5 Å². The van der Waals surface area contributed by atoms with Gasteiger partial charge in [0, 0.05) is 21.6 Å². The predicted octanol–water partition coefficient (Wildman–Crippen LogP) is 4.14. The van der Waals surface area contributed by atoms with Gasteiger partial charge in [0.05, 0.1) is 23.2 Å². The summed E-state index contributed by atoms with van der Waals surface area (Å²) in [5.41, 5.74) is 0.994. The summed E-state index contributed by atoms with van der Waals surface area (Å²) in [6.45, 7) is -0.130.